The van der Waals surface area contributed by atoms with Crippen LogP contribution in [-0.2, 0) is 4.79 Å². The fourth-order valence-electron chi connectivity index (χ4n) is 2.22. The van der Waals surface area contributed by atoms with Crippen molar-refractivity contribution in [2.24, 2.45) is 5.92 Å². The van der Waals surface area contributed by atoms with Crippen LogP contribution < -0.4 is 5.56 Å². The summed E-state index contributed by atoms with van der Waals surface area (Å²) in [6, 6.07) is 2.86. The monoisotopic (exact) mass is 277 g/mol. The summed E-state index contributed by atoms with van der Waals surface area (Å²) in [4.78, 5) is 41.1. The summed E-state index contributed by atoms with van der Waals surface area (Å²) in [6.07, 6.45) is 1.43. The third-order valence-electron chi connectivity index (χ3n) is 3.40. The lowest BCUT2D eigenvalue weighted by Gasteiger charge is -2.35. The Labute approximate surface area is 117 Å². The van der Waals surface area contributed by atoms with Gasteiger partial charge in [-0.1, -0.05) is 13.8 Å². The van der Waals surface area contributed by atoms with E-state index in [9.17, 15) is 14.4 Å². The van der Waals surface area contributed by atoms with Crippen LogP contribution in [0.5, 0.6) is 0 Å². The fourth-order valence-corrected chi connectivity index (χ4v) is 2.22. The first kappa shape index (κ1) is 14.3. The van der Waals surface area contributed by atoms with Gasteiger partial charge in [0.05, 0.1) is 5.56 Å². The van der Waals surface area contributed by atoms with Gasteiger partial charge >= 0.3 is 0 Å². The number of nitrogens with one attached hydrogen (secondary N) is 1. The molecule has 2 rings (SSSR count). The molecule has 0 bridgehead atoms. The van der Waals surface area contributed by atoms with Gasteiger partial charge < -0.3 is 14.8 Å². The molecule has 1 aliphatic heterocycles. The smallest absolute Gasteiger partial charge is 0.255 e. The zero-order chi connectivity index (χ0) is 14.7. The Kier molecular flexibility index (Phi) is 4.22. The van der Waals surface area contributed by atoms with Gasteiger partial charge in [0.25, 0.3) is 5.91 Å². The van der Waals surface area contributed by atoms with Crippen LogP contribution in [0.25, 0.3) is 0 Å². The number of pyridine rings is 1. The van der Waals surface area contributed by atoms with Crippen molar-refractivity contribution in [2.45, 2.75) is 13.8 Å². The Morgan fingerprint density at radius 1 is 1.10 bits per heavy atom. The van der Waals surface area contributed by atoms with Crippen LogP contribution >= 0.6 is 0 Å². The quantitative estimate of drug-likeness (QED) is 0.846. The highest BCUT2D eigenvalue weighted by Gasteiger charge is 2.25. The van der Waals surface area contributed by atoms with E-state index in [0.29, 0.717) is 31.7 Å². The topological polar surface area (TPSA) is 73.5 Å². The van der Waals surface area contributed by atoms with Gasteiger partial charge in [0.15, 0.2) is 0 Å². The lowest BCUT2D eigenvalue weighted by molar-refractivity contribution is -0.135. The minimum atomic E-state index is -0.228. The first-order chi connectivity index (χ1) is 9.49. The molecule has 1 saturated heterocycles. The van der Waals surface area contributed by atoms with Crippen molar-refractivity contribution in [3.05, 3.63) is 34.2 Å². The lowest BCUT2D eigenvalue weighted by atomic mass is 10.1. The molecule has 6 heteroatoms. The fraction of sp³-hybridized carbons (Fsp3) is 0.500. The molecule has 1 aliphatic rings. The van der Waals surface area contributed by atoms with Gasteiger partial charge in [-0.05, 0) is 6.07 Å². The number of aromatic amines is 1. The Morgan fingerprint density at radius 3 is 2.20 bits per heavy atom. The van der Waals surface area contributed by atoms with E-state index in [0.717, 1.165) is 0 Å². The minimum absolute atomic E-state index is 0.0172. The second-order valence-electron chi connectivity index (χ2n) is 5.21. The van der Waals surface area contributed by atoms with Crippen LogP contribution in [-0.4, -0.2) is 52.8 Å². The summed E-state index contributed by atoms with van der Waals surface area (Å²) in [6.45, 7) is 5.92. The van der Waals surface area contributed by atoms with Crippen LogP contribution in [0.15, 0.2) is 23.1 Å². The number of hydrogen-bond acceptors (Lipinski definition) is 3. The summed E-state index contributed by atoms with van der Waals surface area (Å²) in [5, 5.41) is 0. The SMILES string of the molecule is CC(C)C(=O)N1CCN(C(=O)c2ccc(=O)[nH]c2)CC1. The maximum atomic E-state index is 12.2. The zero-order valence-electron chi connectivity index (χ0n) is 11.8. The average Bonchev–Trinajstić information content (AvgIpc) is 2.46. The molecule has 6 nitrogen and oxygen atoms in total. The normalized spacial score (nSPS) is 15.6. The van der Waals surface area contributed by atoms with Gasteiger partial charge in [0, 0.05) is 44.4 Å². The van der Waals surface area contributed by atoms with Crippen molar-refractivity contribution < 1.29 is 9.59 Å². The number of carbonyl (C=O) groups excluding carboxylic acids is 2. The van der Waals surface area contributed by atoms with Gasteiger partial charge in [0.1, 0.15) is 0 Å². The number of H-pyrrole nitrogens is 1. The Bertz CT molecular complexity index is 537. The number of nitrogens with zero attached hydrogens (tertiary/aromatic N) is 2. The third kappa shape index (κ3) is 3.07. The largest absolute Gasteiger partial charge is 0.339 e. The molecular weight excluding hydrogens is 258 g/mol. The van der Waals surface area contributed by atoms with Gasteiger partial charge in [-0.3, -0.25) is 14.4 Å². The Hall–Kier alpha value is -2.11. The highest BCUT2D eigenvalue weighted by molar-refractivity contribution is 5.94. The number of piperazine rings is 1. The molecule has 108 valence electrons. The van der Waals surface area contributed by atoms with E-state index in [2.05, 4.69) is 4.98 Å². The Balaban J connectivity index is 1.97. The zero-order valence-corrected chi connectivity index (χ0v) is 11.8. The number of rotatable bonds is 2. The molecule has 1 N–H and O–H groups in total. The van der Waals surface area contributed by atoms with Crippen molar-refractivity contribution >= 4 is 11.8 Å². The molecule has 0 unspecified atom stereocenters. The highest BCUT2D eigenvalue weighted by Crippen LogP contribution is 2.10. The number of carbonyl (C=O) groups is 2. The molecule has 0 aliphatic carbocycles. The third-order valence-corrected chi connectivity index (χ3v) is 3.40. The molecule has 2 amide bonds. The predicted molar refractivity (Wildman–Crippen MR) is 74.4 cm³/mol. The van der Waals surface area contributed by atoms with Crippen molar-refractivity contribution in [1.29, 1.82) is 0 Å². The van der Waals surface area contributed by atoms with E-state index in [1.54, 1.807) is 9.80 Å². The van der Waals surface area contributed by atoms with Crippen molar-refractivity contribution in [2.75, 3.05) is 26.2 Å². The summed E-state index contributed by atoms with van der Waals surface area (Å²) in [5.41, 5.74) is 0.238. The molecule has 1 aromatic rings. The maximum absolute atomic E-state index is 12.2. The standard InChI is InChI=1S/C14H19N3O3/c1-10(2)13(19)16-5-7-17(8-6-16)14(20)11-3-4-12(18)15-9-11/h3-4,9-10H,5-8H2,1-2H3,(H,15,18). The number of aromatic nitrogens is 1. The highest BCUT2D eigenvalue weighted by atomic mass is 16.2. The van der Waals surface area contributed by atoms with Crippen LogP contribution in [0.4, 0.5) is 0 Å². The molecule has 1 fully saturated rings. The van der Waals surface area contributed by atoms with Gasteiger partial charge in [-0.25, -0.2) is 0 Å². The molecule has 20 heavy (non-hydrogen) atoms. The van der Waals surface area contributed by atoms with Gasteiger partial charge in [0.2, 0.25) is 11.5 Å². The lowest BCUT2D eigenvalue weighted by Crippen LogP contribution is -2.51. The van der Waals surface area contributed by atoms with E-state index in [4.69, 9.17) is 0 Å². The number of hydrogen-bond donors (Lipinski definition) is 1. The predicted octanol–water partition coefficient (Wildman–Crippen LogP) is 0.315. The van der Waals surface area contributed by atoms with Crippen molar-refractivity contribution in [3.8, 4) is 0 Å². The molecule has 0 saturated carbocycles. The van der Waals surface area contributed by atoms with Crippen LogP contribution in [0.1, 0.15) is 24.2 Å². The summed E-state index contributed by atoms with van der Waals surface area (Å²) in [5.74, 6) is -0.00418. The minimum Gasteiger partial charge on any atom is -0.339 e. The van der Waals surface area contributed by atoms with E-state index in [1.165, 1.54) is 18.3 Å². The van der Waals surface area contributed by atoms with Crippen molar-refractivity contribution in [1.82, 2.24) is 14.8 Å². The maximum Gasteiger partial charge on any atom is 0.255 e. The first-order valence-electron chi connectivity index (χ1n) is 6.76. The average molecular weight is 277 g/mol. The molecular formula is C14H19N3O3. The first-order valence-corrected chi connectivity index (χ1v) is 6.76. The van der Waals surface area contributed by atoms with Gasteiger partial charge in [-0.15, -0.1) is 0 Å². The second kappa shape index (κ2) is 5.90. The Morgan fingerprint density at radius 2 is 1.70 bits per heavy atom. The molecule has 0 spiro atoms. The molecule has 0 aromatic carbocycles. The summed E-state index contributed by atoms with van der Waals surface area (Å²) in [7, 11) is 0. The van der Waals surface area contributed by atoms with E-state index < -0.39 is 0 Å². The molecule has 0 radical (unpaired) electrons. The van der Waals surface area contributed by atoms with Gasteiger partial charge in [-0.2, -0.15) is 0 Å². The molecule has 0 atom stereocenters. The number of amides is 2. The van der Waals surface area contributed by atoms with E-state index in [-0.39, 0.29) is 23.3 Å². The van der Waals surface area contributed by atoms with E-state index in [1.807, 2.05) is 13.8 Å². The van der Waals surface area contributed by atoms with Crippen LogP contribution in [0, 0.1) is 5.92 Å². The summed E-state index contributed by atoms with van der Waals surface area (Å²) < 4.78 is 0. The van der Waals surface area contributed by atoms with Crippen molar-refractivity contribution in [3.63, 3.8) is 0 Å². The summed E-state index contributed by atoms with van der Waals surface area (Å²) >= 11 is 0. The van der Waals surface area contributed by atoms with Crippen LogP contribution in [0.2, 0.25) is 0 Å². The molecule has 1 aromatic heterocycles. The second-order valence-corrected chi connectivity index (χ2v) is 5.21. The van der Waals surface area contributed by atoms with E-state index >= 15 is 0 Å². The molecule has 2 heterocycles. The van der Waals surface area contributed by atoms with Crippen LogP contribution in [0.3, 0.4) is 0 Å².